The zero-order valence-electron chi connectivity index (χ0n) is 10.4. The van der Waals surface area contributed by atoms with Crippen molar-refractivity contribution in [1.82, 2.24) is 0 Å². The maximum Gasteiger partial charge on any atom is 0.345 e. The van der Waals surface area contributed by atoms with Crippen LogP contribution >= 0.6 is 0 Å². The van der Waals surface area contributed by atoms with E-state index in [0.717, 1.165) is 0 Å². The number of carbonyl (C=O) groups excluding carboxylic acids is 2. The lowest BCUT2D eigenvalue weighted by Gasteiger charge is -2.20. The van der Waals surface area contributed by atoms with Gasteiger partial charge >= 0.3 is 5.97 Å². The number of hydrogen-bond donors (Lipinski definition) is 1. The summed E-state index contributed by atoms with van der Waals surface area (Å²) in [7, 11) is 0. The molecule has 1 aliphatic heterocycles. The van der Waals surface area contributed by atoms with E-state index in [0.29, 0.717) is 5.56 Å². The van der Waals surface area contributed by atoms with Crippen molar-refractivity contribution in [3.8, 4) is 0 Å². The molecule has 1 saturated heterocycles. The second-order valence-electron chi connectivity index (χ2n) is 4.47. The first-order chi connectivity index (χ1) is 8.97. The Bertz CT molecular complexity index is 525. The van der Waals surface area contributed by atoms with Crippen molar-refractivity contribution in [1.29, 1.82) is 0 Å². The zero-order chi connectivity index (χ0) is 14.0. The molecule has 0 saturated carbocycles. The van der Waals surface area contributed by atoms with E-state index in [2.05, 4.69) is 0 Å². The number of Topliss-reactive ketones (excluding diaryl/α,β-unsaturated/α-hetero) is 1. The number of halogens is 1. The average Bonchev–Trinajstić information content (AvgIpc) is 2.30. The molecule has 0 aliphatic carbocycles. The van der Waals surface area contributed by atoms with Crippen molar-refractivity contribution in [3.05, 3.63) is 47.0 Å². The highest BCUT2D eigenvalue weighted by Gasteiger charge is 2.32. The van der Waals surface area contributed by atoms with Gasteiger partial charge in [0.1, 0.15) is 23.3 Å². The van der Waals surface area contributed by atoms with Crippen LogP contribution in [0.4, 0.5) is 4.39 Å². The van der Waals surface area contributed by atoms with Crippen LogP contribution in [0.3, 0.4) is 0 Å². The highest BCUT2D eigenvalue weighted by atomic mass is 19.1. The molecule has 4 nitrogen and oxygen atoms in total. The van der Waals surface area contributed by atoms with E-state index in [9.17, 15) is 19.1 Å². The molecule has 1 atom stereocenters. The summed E-state index contributed by atoms with van der Waals surface area (Å²) in [6.07, 6.45) is -0.415. The Morgan fingerprint density at radius 1 is 1.37 bits per heavy atom. The van der Waals surface area contributed by atoms with Gasteiger partial charge in [0.15, 0.2) is 5.78 Å². The third-order valence-corrected chi connectivity index (χ3v) is 2.84. The summed E-state index contributed by atoms with van der Waals surface area (Å²) in [5, 5.41) is 9.89. The topological polar surface area (TPSA) is 63.6 Å². The number of hydrogen-bond acceptors (Lipinski definition) is 4. The summed E-state index contributed by atoms with van der Waals surface area (Å²) in [6, 6.07) is 5.45. The Hall–Kier alpha value is -2.17. The lowest BCUT2D eigenvalue weighted by molar-refractivity contribution is -0.150. The molecule has 100 valence electrons. The quantitative estimate of drug-likeness (QED) is 0.384. The molecular weight excluding hydrogens is 251 g/mol. The van der Waals surface area contributed by atoms with Crippen molar-refractivity contribution in [2.45, 2.75) is 25.9 Å². The number of ether oxygens (including phenoxy) is 1. The van der Waals surface area contributed by atoms with Gasteiger partial charge in [-0.3, -0.25) is 4.79 Å². The van der Waals surface area contributed by atoms with Gasteiger partial charge in [-0.1, -0.05) is 12.1 Å². The SMILES string of the molecule is C[C@@H]1CC(=O)/C(=C(\O)Cc2ccc(F)cc2)C(=O)O1. The lowest BCUT2D eigenvalue weighted by atomic mass is 9.99. The van der Waals surface area contributed by atoms with Crippen molar-refractivity contribution >= 4 is 11.8 Å². The van der Waals surface area contributed by atoms with Crippen LogP contribution in [0.15, 0.2) is 35.6 Å². The Morgan fingerprint density at radius 3 is 2.58 bits per heavy atom. The van der Waals surface area contributed by atoms with Crippen LogP contribution in [-0.4, -0.2) is 23.0 Å². The fourth-order valence-electron chi connectivity index (χ4n) is 1.92. The highest BCUT2D eigenvalue weighted by molar-refractivity contribution is 6.19. The largest absolute Gasteiger partial charge is 0.511 e. The van der Waals surface area contributed by atoms with Gasteiger partial charge in [0.05, 0.1) is 0 Å². The van der Waals surface area contributed by atoms with Crippen molar-refractivity contribution in [3.63, 3.8) is 0 Å². The van der Waals surface area contributed by atoms with Crippen LogP contribution in [0.25, 0.3) is 0 Å². The molecule has 19 heavy (non-hydrogen) atoms. The molecule has 0 aromatic heterocycles. The summed E-state index contributed by atoms with van der Waals surface area (Å²) in [6.45, 7) is 1.61. The van der Waals surface area contributed by atoms with Crippen molar-refractivity contribution in [2.75, 3.05) is 0 Å². The van der Waals surface area contributed by atoms with Gasteiger partial charge in [0.2, 0.25) is 0 Å². The van der Waals surface area contributed by atoms with Gasteiger partial charge in [0, 0.05) is 12.8 Å². The molecule has 1 aliphatic rings. The van der Waals surface area contributed by atoms with E-state index in [1.807, 2.05) is 0 Å². The molecule has 0 bridgehead atoms. The maximum absolute atomic E-state index is 12.7. The summed E-state index contributed by atoms with van der Waals surface area (Å²) < 4.78 is 17.7. The van der Waals surface area contributed by atoms with Gasteiger partial charge in [0.25, 0.3) is 0 Å². The van der Waals surface area contributed by atoms with Crippen LogP contribution < -0.4 is 0 Å². The van der Waals surface area contributed by atoms with E-state index >= 15 is 0 Å². The predicted octanol–water partition coefficient (Wildman–Crippen LogP) is 2.08. The van der Waals surface area contributed by atoms with Crippen LogP contribution in [0, 0.1) is 5.82 Å². The summed E-state index contributed by atoms with van der Waals surface area (Å²) >= 11 is 0. The van der Waals surface area contributed by atoms with E-state index in [1.165, 1.54) is 24.3 Å². The number of aliphatic hydroxyl groups is 1. The van der Waals surface area contributed by atoms with Crippen LogP contribution in [0.5, 0.6) is 0 Å². The minimum Gasteiger partial charge on any atom is -0.511 e. The van der Waals surface area contributed by atoms with E-state index in [1.54, 1.807) is 6.92 Å². The number of cyclic esters (lactones) is 1. The van der Waals surface area contributed by atoms with Gasteiger partial charge in [-0.25, -0.2) is 9.18 Å². The van der Waals surface area contributed by atoms with Crippen LogP contribution in [-0.2, 0) is 20.7 Å². The van der Waals surface area contributed by atoms with E-state index in [4.69, 9.17) is 4.74 Å². The van der Waals surface area contributed by atoms with Crippen molar-refractivity contribution in [2.24, 2.45) is 0 Å². The third-order valence-electron chi connectivity index (χ3n) is 2.84. The number of allylic oxidation sites excluding steroid dienone is 1. The number of esters is 1. The first-order valence-corrected chi connectivity index (χ1v) is 5.88. The highest BCUT2D eigenvalue weighted by Crippen LogP contribution is 2.20. The molecule has 0 amide bonds. The molecule has 1 aromatic carbocycles. The summed E-state index contributed by atoms with van der Waals surface area (Å²) in [5.74, 6) is -1.96. The molecule has 0 spiro atoms. The number of benzene rings is 1. The monoisotopic (exact) mass is 264 g/mol. The Balaban J connectivity index is 2.23. The first-order valence-electron chi connectivity index (χ1n) is 5.88. The molecule has 1 fully saturated rings. The van der Waals surface area contributed by atoms with Gasteiger partial charge in [-0.2, -0.15) is 0 Å². The molecule has 1 aromatic rings. The van der Waals surface area contributed by atoms with Crippen LogP contribution in [0.2, 0.25) is 0 Å². The third kappa shape index (κ3) is 2.99. The summed E-state index contributed by atoms with van der Waals surface area (Å²) in [4.78, 5) is 23.3. The molecule has 1 heterocycles. The zero-order valence-corrected chi connectivity index (χ0v) is 10.4. The van der Waals surface area contributed by atoms with E-state index in [-0.39, 0.29) is 24.2 Å². The Kier molecular flexibility index (Phi) is 3.64. The molecule has 0 unspecified atom stereocenters. The van der Waals surface area contributed by atoms with E-state index < -0.39 is 23.7 Å². The Labute approximate surface area is 109 Å². The lowest BCUT2D eigenvalue weighted by Crippen LogP contribution is -2.31. The second-order valence-corrected chi connectivity index (χ2v) is 4.47. The minimum atomic E-state index is -0.802. The van der Waals surface area contributed by atoms with Crippen LogP contribution in [0.1, 0.15) is 18.9 Å². The smallest absolute Gasteiger partial charge is 0.345 e. The number of aliphatic hydroxyl groups excluding tert-OH is 1. The Morgan fingerprint density at radius 2 is 2.00 bits per heavy atom. The molecule has 5 heteroatoms. The average molecular weight is 264 g/mol. The van der Waals surface area contributed by atoms with Crippen molar-refractivity contribution < 1.29 is 23.8 Å². The molecule has 0 radical (unpaired) electrons. The fraction of sp³-hybridized carbons (Fsp3) is 0.286. The number of rotatable bonds is 2. The standard InChI is InChI=1S/C14H13FO4/c1-8-6-11(16)13(14(18)19-8)12(17)7-9-2-4-10(15)5-3-9/h2-5,8,17H,6-7H2,1H3/b13-12+/t8-/m1/s1. The van der Waals surface area contributed by atoms with Gasteiger partial charge in [-0.05, 0) is 24.6 Å². The minimum absolute atomic E-state index is 0.00909. The van der Waals surface area contributed by atoms with Gasteiger partial charge in [-0.15, -0.1) is 0 Å². The summed E-state index contributed by atoms with van der Waals surface area (Å²) in [5.41, 5.74) is 0.299. The number of carbonyl (C=O) groups is 2. The first kappa shape index (κ1) is 13.3. The number of ketones is 1. The predicted molar refractivity (Wildman–Crippen MR) is 64.9 cm³/mol. The molecule has 1 N–H and O–H groups in total. The normalized spacial score (nSPS) is 22.1. The molecular formula is C14H13FO4. The molecule has 2 rings (SSSR count). The fourth-order valence-corrected chi connectivity index (χ4v) is 1.92. The maximum atomic E-state index is 12.7. The second kappa shape index (κ2) is 5.22. The van der Waals surface area contributed by atoms with Gasteiger partial charge < -0.3 is 9.84 Å².